The summed E-state index contributed by atoms with van der Waals surface area (Å²) in [6, 6.07) is 5.54. The van der Waals surface area contributed by atoms with Crippen LogP contribution in [-0.2, 0) is 20.9 Å². The fourth-order valence-corrected chi connectivity index (χ4v) is 2.51. The van der Waals surface area contributed by atoms with Crippen LogP contribution >= 0.6 is 0 Å². The summed E-state index contributed by atoms with van der Waals surface area (Å²) in [7, 11) is 0. The van der Waals surface area contributed by atoms with E-state index in [2.05, 4.69) is 9.38 Å². The average molecular weight is 338 g/mol. The number of hydrogen-bond acceptors (Lipinski definition) is 5. The first-order valence-electron chi connectivity index (χ1n) is 7.80. The fourth-order valence-electron chi connectivity index (χ4n) is 1.87. The molecule has 5 nitrogen and oxygen atoms in total. The van der Waals surface area contributed by atoms with Gasteiger partial charge in [0, 0.05) is 12.6 Å². The minimum Gasteiger partial charge on any atom is -0.591 e. The van der Waals surface area contributed by atoms with Gasteiger partial charge in [-0.2, -0.15) is 0 Å². The van der Waals surface area contributed by atoms with Crippen molar-refractivity contribution in [3.05, 3.63) is 30.1 Å². The molecule has 1 aromatic heterocycles. The van der Waals surface area contributed by atoms with Crippen molar-refractivity contribution in [1.82, 2.24) is 4.98 Å². The van der Waals surface area contributed by atoms with Crippen molar-refractivity contribution in [3.63, 3.8) is 0 Å². The van der Waals surface area contributed by atoms with Crippen LogP contribution in [-0.4, -0.2) is 32.6 Å². The second-order valence-corrected chi connectivity index (χ2v) is 8.34. The Morgan fingerprint density at radius 1 is 1.39 bits per heavy atom. The molecule has 0 aliphatic heterocycles. The zero-order valence-corrected chi connectivity index (χ0v) is 15.4. The Morgan fingerprint density at radius 3 is 2.61 bits per heavy atom. The largest absolute Gasteiger partial charge is 0.591 e. The van der Waals surface area contributed by atoms with Crippen LogP contribution in [0.4, 0.5) is 0 Å². The first-order chi connectivity index (χ1) is 10.7. The molecule has 0 aliphatic rings. The number of carbonyl (C=O) groups is 1. The van der Waals surface area contributed by atoms with Gasteiger partial charge in [0.05, 0.1) is 12.3 Å². The molecule has 0 saturated heterocycles. The maximum Gasteiger partial charge on any atom is 0.306 e. The first-order valence-corrected chi connectivity index (χ1v) is 8.91. The highest BCUT2D eigenvalue weighted by Crippen LogP contribution is 2.21. The highest BCUT2D eigenvalue weighted by atomic mass is 32.2. The summed E-state index contributed by atoms with van der Waals surface area (Å²) >= 11 is -1.37. The second-order valence-electron chi connectivity index (χ2n) is 6.43. The molecule has 0 radical (unpaired) electrons. The van der Waals surface area contributed by atoms with E-state index in [1.165, 1.54) is 0 Å². The summed E-state index contributed by atoms with van der Waals surface area (Å²) in [5.74, 6) is -0.191. The molecular weight excluding hydrogens is 312 g/mol. The van der Waals surface area contributed by atoms with Crippen molar-refractivity contribution in [1.29, 1.82) is 0 Å². The lowest BCUT2D eigenvalue weighted by Gasteiger charge is -2.20. The highest BCUT2D eigenvalue weighted by Gasteiger charge is 2.28. The lowest BCUT2D eigenvalue weighted by molar-refractivity contribution is -0.144. The van der Waals surface area contributed by atoms with Gasteiger partial charge in [-0.15, -0.1) is 0 Å². The van der Waals surface area contributed by atoms with E-state index in [9.17, 15) is 9.35 Å². The zero-order valence-electron chi connectivity index (χ0n) is 14.5. The molecule has 0 N–H and O–H groups in total. The van der Waals surface area contributed by atoms with Gasteiger partial charge in [-0.25, -0.2) is 0 Å². The van der Waals surface area contributed by atoms with Crippen LogP contribution in [0.3, 0.4) is 0 Å². The molecule has 0 spiro atoms. The third-order valence-corrected chi connectivity index (χ3v) is 4.47. The molecule has 6 heteroatoms. The Morgan fingerprint density at radius 2 is 2.09 bits per heavy atom. The quantitative estimate of drug-likeness (QED) is 0.434. The normalized spacial score (nSPS) is 15.1. The lowest BCUT2D eigenvalue weighted by Crippen LogP contribution is -2.27. The van der Waals surface area contributed by atoms with Gasteiger partial charge >= 0.3 is 5.97 Å². The van der Waals surface area contributed by atoms with E-state index >= 15 is 0 Å². The Hall–Kier alpha value is -1.40. The third kappa shape index (κ3) is 7.14. The Balaban J connectivity index is 2.93. The lowest BCUT2D eigenvalue weighted by atomic mass is 9.99. The van der Waals surface area contributed by atoms with Crippen LogP contribution in [0.15, 0.2) is 28.8 Å². The third-order valence-electron chi connectivity index (χ3n) is 3.04. The molecule has 1 aromatic rings. The summed E-state index contributed by atoms with van der Waals surface area (Å²) in [5, 5.41) is 0. The van der Waals surface area contributed by atoms with E-state index < -0.39 is 16.1 Å². The Bertz CT molecular complexity index is 526. The van der Waals surface area contributed by atoms with Gasteiger partial charge in [0.25, 0.3) is 0 Å². The molecule has 0 amide bonds. The predicted molar refractivity (Wildman–Crippen MR) is 93.7 cm³/mol. The summed E-state index contributed by atoms with van der Waals surface area (Å²) in [4.78, 5) is 15.9. The summed E-state index contributed by atoms with van der Waals surface area (Å²) in [5.41, 5.74) is 1.36. The van der Waals surface area contributed by atoms with Crippen LogP contribution in [0, 0.1) is 5.92 Å². The number of ether oxygens (including phenoxy) is 1. The number of nitrogens with zero attached hydrogens (tertiary/aromatic N) is 2. The van der Waals surface area contributed by atoms with Gasteiger partial charge < -0.3 is 9.29 Å². The van der Waals surface area contributed by atoms with Gasteiger partial charge in [0.15, 0.2) is 0 Å². The SMILES string of the molecule is CCOC(=O)C[C@@H](C)C/C(=N/[S@+]([O-])C(C)(C)C)c1ccccn1. The van der Waals surface area contributed by atoms with Gasteiger partial charge in [-0.1, -0.05) is 17.4 Å². The van der Waals surface area contributed by atoms with E-state index in [0.29, 0.717) is 30.9 Å². The maximum atomic E-state index is 12.4. The zero-order chi connectivity index (χ0) is 17.5. The van der Waals surface area contributed by atoms with Crippen molar-refractivity contribution >= 4 is 23.0 Å². The molecule has 0 unspecified atom stereocenters. The summed E-state index contributed by atoms with van der Waals surface area (Å²) in [6.07, 6.45) is 2.51. The van der Waals surface area contributed by atoms with Crippen LogP contribution in [0.25, 0.3) is 0 Å². The number of aromatic nitrogens is 1. The van der Waals surface area contributed by atoms with E-state index in [-0.39, 0.29) is 11.9 Å². The van der Waals surface area contributed by atoms with Crippen LogP contribution in [0.1, 0.15) is 53.2 Å². The second kappa shape index (κ2) is 9.03. The number of hydrogen-bond donors (Lipinski definition) is 0. The predicted octanol–water partition coefficient (Wildman–Crippen LogP) is 3.31. The van der Waals surface area contributed by atoms with Crippen molar-refractivity contribution < 1.29 is 14.1 Å². The molecule has 0 aromatic carbocycles. The first kappa shape index (κ1) is 19.6. The summed E-state index contributed by atoms with van der Waals surface area (Å²) in [6.45, 7) is 9.76. The molecule has 128 valence electrons. The number of carbonyl (C=O) groups excluding carboxylic acids is 1. The van der Waals surface area contributed by atoms with E-state index in [0.717, 1.165) is 0 Å². The van der Waals surface area contributed by atoms with Crippen LogP contribution in [0.2, 0.25) is 0 Å². The molecular formula is C17H26N2O3S. The number of pyridine rings is 1. The molecule has 23 heavy (non-hydrogen) atoms. The van der Waals surface area contributed by atoms with Crippen LogP contribution < -0.4 is 0 Å². The minimum atomic E-state index is -1.37. The minimum absolute atomic E-state index is 0.0341. The highest BCUT2D eigenvalue weighted by molar-refractivity contribution is 7.91. The van der Waals surface area contributed by atoms with E-state index in [1.807, 2.05) is 45.9 Å². The molecule has 2 atom stereocenters. The molecule has 0 aliphatic carbocycles. The topological polar surface area (TPSA) is 74.6 Å². The number of rotatable bonds is 7. The van der Waals surface area contributed by atoms with Gasteiger partial charge in [-0.3, -0.25) is 9.78 Å². The monoisotopic (exact) mass is 338 g/mol. The Labute approximate surface area is 141 Å². The maximum absolute atomic E-state index is 12.4. The molecule has 0 saturated carbocycles. The van der Waals surface area contributed by atoms with Gasteiger partial charge in [0.2, 0.25) is 0 Å². The summed E-state index contributed by atoms with van der Waals surface area (Å²) < 4.78 is 21.3. The van der Waals surface area contributed by atoms with Crippen molar-refractivity contribution in [2.24, 2.45) is 10.3 Å². The van der Waals surface area contributed by atoms with Crippen molar-refractivity contribution in [3.8, 4) is 0 Å². The van der Waals surface area contributed by atoms with E-state index in [4.69, 9.17) is 4.74 Å². The van der Waals surface area contributed by atoms with Crippen molar-refractivity contribution in [2.75, 3.05) is 6.61 Å². The van der Waals surface area contributed by atoms with Crippen LogP contribution in [0.5, 0.6) is 0 Å². The van der Waals surface area contributed by atoms with E-state index in [1.54, 1.807) is 13.1 Å². The average Bonchev–Trinajstić information content (AvgIpc) is 2.46. The molecule has 0 bridgehead atoms. The molecule has 1 rings (SSSR count). The number of esters is 1. The standard InChI is InChI=1S/C17H26N2O3S/c1-6-22-16(20)12-13(2)11-15(14-9-7-8-10-18-14)19-23(21)17(3,4)5/h7-10,13H,6,11-12H2,1-5H3/b19-15-/t13-,23+/m0/s1. The van der Waals surface area contributed by atoms with Gasteiger partial charge in [-0.05, 0) is 52.2 Å². The molecule has 0 fully saturated rings. The smallest absolute Gasteiger partial charge is 0.306 e. The van der Waals surface area contributed by atoms with Crippen molar-refractivity contribution in [2.45, 2.75) is 52.2 Å². The fraction of sp³-hybridized carbons (Fsp3) is 0.588. The molecule has 1 heterocycles. The van der Waals surface area contributed by atoms with Gasteiger partial charge in [0.1, 0.15) is 21.8 Å². The Kier molecular flexibility index (Phi) is 7.72.